The van der Waals surface area contributed by atoms with Gasteiger partial charge in [-0.15, -0.1) is 0 Å². The minimum Gasteiger partial charge on any atom is -0.268 e. The standard InChI is InChI=1S/C15H14BrFN2O5S2/c1-19(2)26(23,24)12-7-8-14(17)13(9-12)15(20)18-25(21,22)11-5-3-10(16)4-6-11/h3-9H,1-2H3,(H,18,20). The molecule has 0 aromatic heterocycles. The van der Waals surface area contributed by atoms with E-state index in [0.29, 0.717) is 4.47 Å². The van der Waals surface area contributed by atoms with Gasteiger partial charge in [0.15, 0.2) is 0 Å². The molecule has 1 amide bonds. The van der Waals surface area contributed by atoms with Gasteiger partial charge in [-0.2, -0.15) is 0 Å². The summed E-state index contributed by atoms with van der Waals surface area (Å²) in [5.41, 5.74) is -0.700. The van der Waals surface area contributed by atoms with Crippen molar-refractivity contribution in [1.82, 2.24) is 9.03 Å². The Labute approximate surface area is 159 Å². The Hall–Kier alpha value is -1.82. The molecule has 2 aromatic carbocycles. The van der Waals surface area contributed by atoms with Crippen molar-refractivity contribution < 1.29 is 26.0 Å². The molecule has 0 radical (unpaired) electrons. The first-order valence-corrected chi connectivity index (χ1v) is 10.7. The Morgan fingerprint density at radius 3 is 2.08 bits per heavy atom. The van der Waals surface area contributed by atoms with E-state index < -0.39 is 37.3 Å². The van der Waals surface area contributed by atoms with E-state index in [1.807, 2.05) is 0 Å². The molecule has 0 atom stereocenters. The highest BCUT2D eigenvalue weighted by atomic mass is 79.9. The quantitative estimate of drug-likeness (QED) is 0.728. The van der Waals surface area contributed by atoms with E-state index >= 15 is 0 Å². The average Bonchev–Trinajstić information content (AvgIpc) is 2.54. The summed E-state index contributed by atoms with van der Waals surface area (Å²) in [6.45, 7) is 0. The van der Waals surface area contributed by atoms with Gasteiger partial charge in [0.05, 0.1) is 15.4 Å². The molecule has 0 aliphatic heterocycles. The second-order valence-corrected chi connectivity index (χ2v) is 10.1. The van der Waals surface area contributed by atoms with Crippen molar-refractivity contribution in [3.8, 4) is 0 Å². The van der Waals surface area contributed by atoms with Crippen LogP contribution in [0.15, 0.2) is 56.7 Å². The molecule has 7 nitrogen and oxygen atoms in total. The summed E-state index contributed by atoms with van der Waals surface area (Å²) in [6.07, 6.45) is 0. The summed E-state index contributed by atoms with van der Waals surface area (Å²) in [6, 6.07) is 8.00. The van der Waals surface area contributed by atoms with E-state index in [0.717, 1.165) is 22.5 Å². The number of carbonyl (C=O) groups is 1. The number of hydrogen-bond acceptors (Lipinski definition) is 5. The van der Waals surface area contributed by atoms with Crippen molar-refractivity contribution in [1.29, 1.82) is 0 Å². The summed E-state index contributed by atoms with van der Waals surface area (Å²) in [5, 5.41) is 0. The van der Waals surface area contributed by atoms with Crippen LogP contribution in [0.3, 0.4) is 0 Å². The molecule has 0 bridgehead atoms. The second kappa shape index (κ2) is 7.43. The molecule has 26 heavy (non-hydrogen) atoms. The van der Waals surface area contributed by atoms with Crippen LogP contribution < -0.4 is 4.72 Å². The van der Waals surface area contributed by atoms with Gasteiger partial charge in [-0.25, -0.2) is 30.3 Å². The number of nitrogens with zero attached hydrogens (tertiary/aromatic N) is 1. The first-order chi connectivity index (χ1) is 11.9. The molecule has 2 aromatic rings. The van der Waals surface area contributed by atoms with E-state index in [1.54, 1.807) is 4.72 Å². The smallest absolute Gasteiger partial charge is 0.268 e. The molecule has 0 heterocycles. The topological polar surface area (TPSA) is 101 Å². The van der Waals surface area contributed by atoms with Gasteiger partial charge < -0.3 is 0 Å². The summed E-state index contributed by atoms with van der Waals surface area (Å²) >= 11 is 3.15. The molecular formula is C15H14BrFN2O5S2. The normalized spacial score (nSPS) is 12.2. The lowest BCUT2D eigenvalue weighted by Crippen LogP contribution is -2.31. The first-order valence-electron chi connectivity index (χ1n) is 7.00. The van der Waals surface area contributed by atoms with Crippen molar-refractivity contribution in [2.75, 3.05) is 14.1 Å². The molecule has 0 saturated heterocycles. The van der Waals surface area contributed by atoms with Crippen LogP contribution in [0.4, 0.5) is 4.39 Å². The highest BCUT2D eigenvalue weighted by molar-refractivity contribution is 9.10. The molecule has 0 aliphatic rings. The molecule has 0 unspecified atom stereocenters. The van der Waals surface area contributed by atoms with Gasteiger partial charge in [-0.1, -0.05) is 15.9 Å². The zero-order valence-electron chi connectivity index (χ0n) is 13.6. The summed E-state index contributed by atoms with van der Waals surface area (Å²) in [7, 11) is -5.62. The fourth-order valence-electron chi connectivity index (χ4n) is 1.90. The summed E-state index contributed by atoms with van der Waals surface area (Å²) < 4.78 is 65.9. The highest BCUT2D eigenvalue weighted by Gasteiger charge is 2.24. The minimum atomic E-state index is -4.25. The number of sulfonamides is 2. The van der Waals surface area contributed by atoms with Gasteiger partial charge in [0.1, 0.15) is 5.82 Å². The third-order valence-corrected chi connectivity index (χ3v) is 7.00. The number of nitrogens with one attached hydrogen (secondary N) is 1. The lowest BCUT2D eigenvalue weighted by molar-refractivity contribution is 0.0977. The second-order valence-electron chi connectivity index (χ2n) is 5.32. The van der Waals surface area contributed by atoms with E-state index in [9.17, 15) is 26.0 Å². The van der Waals surface area contributed by atoms with Crippen molar-refractivity contribution in [2.45, 2.75) is 9.79 Å². The Morgan fingerprint density at radius 2 is 1.54 bits per heavy atom. The lowest BCUT2D eigenvalue weighted by Gasteiger charge is -2.13. The Morgan fingerprint density at radius 1 is 1.00 bits per heavy atom. The largest absolute Gasteiger partial charge is 0.268 e. The number of carbonyl (C=O) groups excluding carboxylic acids is 1. The number of halogens is 2. The zero-order valence-corrected chi connectivity index (χ0v) is 16.8. The van der Waals surface area contributed by atoms with E-state index in [1.165, 1.54) is 38.4 Å². The highest BCUT2D eigenvalue weighted by Crippen LogP contribution is 2.19. The fourth-order valence-corrected chi connectivity index (χ4v) is 4.06. The van der Waals surface area contributed by atoms with Gasteiger partial charge in [0.25, 0.3) is 15.9 Å². The zero-order chi connectivity index (χ0) is 19.7. The maximum Gasteiger partial charge on any atom is 0.268 e. The predicted molar refractivity (Wildman–Crippen MR) is 96.1 cm³/mol. The van der Waals surface area contributed by atoms with Crippen molar-refractivity contribution in [3.05, 3.63) is 58.3 Å². The molecule has 140 valence electrons. The summed E-state index contributed by atoms with van der Waals surface area (Å²) in [4.78, 5) is 11.7. The van der Waals surface area contributed by atoms with Crippen LogP contribution in [0.25, 0.3) is 0 Å². The first kappa shape index (κ1) is 20.5. The van der Waals surface area contributed by atoms with Crippen LogP contribution in [0, 0.1) is 5.82 Å². The van der Waals surface area contributed by atoms with Crippen molar-refractivity contribution >= 4 is 41.9 Å². The average molecular weight is 465 g/mol. The van der Waals surface area contributed by atoms with E-state index in [2.05, 4.69) is 15.9 Å². The molecule has 0 fully saturated rings. The number of amides is 1. The van der Waals surface area contributed by atoms with Gasteiger partial charge in [-0.05, 0) is 42.5 Å². The molecule has 0 aliphatic carbocycles. The van der Waals surface area contributed by atoms with E-state index in [-0.39, 0.29) is 9.79 Å². The molecular weight excluding hydrogens is 451 g/mol. The number of rotatable bonds is 5. The Balaban J connectivity index is 2.39. The molecule has 0 spiro atoms. The van der Waals surface area contributed by atoms with Gasteiger partial charge in [0, 0.05) is 18.6 Å². The van der Waals surface area contributed by atoms with Gasteiger partial charge in [-0.3, -0.25) is 4.79 Å². The maximum atomic E-state index is 14.0. The fraction of sp³-hybridized carbons (Fsp3) is 0.133. The number of hydrogen-bond donors (Lipinski definition) is 1. The Bertz CT molecular complexity index is 1050. The van der Waals surface area contributed by atoms with Crippen LogP contribution in [-0.2, 0) is 20.0 Å². The molecule has 1 N–H and O–H groups in total. The van der Waals surface area contributed by atoms with E-state index in [4.69, 9.17) is 0 Å². The van der Waals surface area contributed by atoms with Crippen LogP contribution in [-0.4, -0.2) is 41.1 Å². The maximum absolute atomic E-state index is 14.0. The number of benzene rings is 2. The monoisotopic (exact) mass is 464 g/mol. The molecule has 0 saturated carbocycles. The molecule has 11 heteroatoms. The third-order valence-electron chi connectivity index (χ3n) is 3.31. The van der Waals surface area contributed by atoms with Gasteiger partial charge >= 0.3 is 0 Å². The van der Waals surface area contributed by atoms with Crippen molar-refractivity contribution in [3.63, 3.8) is 0 Å². The van der Waals surface area contributed by atoms with Crippen LogP contribution in [0.2, 0.25) is 0 Å². The Kier molecular flexibility index (Phi) is 5.85. The third kappa shape index (κ3) is 4.29. The van der Waals surface area contributed by atoms with Crippen LogP contribution in [0.1, 0.15) is 10.4 Å². The van der Waals surface area contributed by atoms with Gasteiger partial charge in [0.2, 0.25) is 10.0 Å². The van der Waals surface area contributed by atoms with Crippen LogP contribution >= 0.6 is 15.9 Å². The van der Waals surface area contributed by atoms with Crippen molar-refractivity contribution in [2.24, 2.45) is 0 Å². The predicted octanol–water partition coefficient (Wildman–Crippen LogP) is 1.96. The minimum absolute atomic E-state index is 0.202. The lowest BCUT2D eigenvalue weighted by atomic mass is 10.2. The summed E-state index contributed by atoms with van der Waals surface area (Å²) in [5.74, 6) is -2.33. The SMILES string of the molecule is CN(C)S(=O)(=O)c1ccc(F)c(C(=O)NS(=O)(=O)c2ccc(Br)cc2)c1. The van der Waals surface area contributed by atoms with Crippen LogP contribution in [0.5, 0.6) is 0 Å². The molecule has 2 rings (SSSR count).